The van der Waals surface area contributed by atoms with E-state index in [1.54, 1.807) is 55.5 Å². The van der Waals surface area contributed by atoms with Crippen LogP contribution in [-0.2, 0) is 15.6 Å². The molecule has 5 heteroatoms. The Morgan fingerprint density at radius 2 is 1.26 bits per heavy atom. The second kappa shape index (κ2) is 7.64. The Bertz CT molecular complexity index is 945. The molecule has 27 heavy (non-hydrogen) atoms. The molecule has 0 heterocycles. The van der Waals surface area contributed by atoms with Gasteiger partial charge < -0.3 is 5.11 Å². The molecule has 0 aliphatic rings. The lowest BCUT2D eigenvalue weighted by Crippen LogP contribution is -2.49. The minimum Gasteiger partial charge on any atom is -0.379 e. The first-order valence-corrected chi connectivity index (χ1v) is 10.2. The normalized spacial score (nSPS) is 13.3. The maximum absolute atomic E-state index is 12.8. The van der Waals surface area contributed by atoms with Crippen molar-refractivity contribution in [1.82, 2.24) is 4.72 Å². The van der Waals surface area contributed by atoms with Crippen LogP contribution in [0, 0.1) is 6.92 Å². The second-order valence-corrected chi connectivity index (χ2v) is 8.37. The summed E-state index contributed by atoms with van der Waals surface area (Å²) in [7, 11) is -3.79. The summed E-state index contributed by atoms with van der Waals surface area (Å²) in [5.41, 5.74) is 0.706. The van der Waals surface area contributed by atoms with Crippen LogP contribution in [0.25, 0.3) is 0 Å². The van der Waals surface area contributed by atoms with Gasteiger partial charge in [0, 0.05) is 0 Å². The molecule has 1 atom stereocenters. The fourth-order valence-corrected chi connectivity index (χ4v) is 4.42. The van der Waals surface area contributed by atoms with Gasteiger partial charge in [0.25, 0.3) is 0 Å². The summed E-state index contributed by atoms with van der Waals surface area (Å²) in [6, 6.07) is 24.0. The van der Waals surface area contributed by atoms with E-state index in [-0.39, 0.29) is 4.90 Å². The van der Waals surface area contributed by atoms with E-state index in [2.05, 4.69) is 4.72 Å². The summed E-state index contributed by atoms with van der Waals surface area (Å²) in [5.74, 6) is 0. The molecule has 0 aliphatic carbocycles. The highest BCUT2D eigenvalue weighted by Crippen LogP contribution is 2.33. The molecule has 0 saturated carbocycles. The zero-order valence-corrected chi connectivity index (χ0v) is 16.1. The van der Waals surface area contributed by atoms with E-state index in [0.29, 0.717) is 11.1 Å². The number of nitrogens with one attached hydrogen (secondary N) is 1. The minimum atomic E-state index is -3.79. The third-order valence-corrected chi connectivity index (χ3v) is 6.27. The van der Waals surface area contributed by atoms with Crippen molar-refractivity contribution < 1.29 is 13.5 Å². The maximum Gasteiger partial charge on any atom is 0.240 e. The number of aryl methyl sites for hydroxylation is 1. The number of rotatable bonds is 6. The van der Waals surface area contributed by atoms with Crippen LogP contribution >= 0.6 is 0 Å². The molecule has 0 saturated heterocycles. The molecular weight excluding hydrogens is 358 g/mol. The topological polar surface area (TPSA) is 66.4 Å². The van der Waals surface area contributed by atoms with Crippen LogP contribution in [0.1, 0.15) is 23.6 Å². The van der Waals surface area contributed by atoms with Crippen molar-refractivity contribution in [2.45, 2.75) is 30.4 Å². The smallest absolute Gasteiger partial charge is 0.240 e. The zero-order chi connectivity index (χ0) is 19.5. The Kier molecular flexibility index (Phi) is 5.46. The van der Waals surface area contributed by atoms with E-state index < -0.39 is 21.7 Å². The van der Waals surface area contributed by atoms with Gasteiger partial charge in [-0.05, 0) is 37.1 Å². The SMILES string of the molecule is Cc1ccc(S(=O)(=O)N[C@@H](C)C(O)(c2ccccc2)c2ccccc2)cc1. The summed E-state index contributed by atoms with van der Waals surface area (Å²) in [6.45, 7) is 3.57. The highest BCUT2D eigenvalue weighted by atomic mass is 32.2. The van der Waals surface area contributed by atoms with Gasteiger partial charge in [0.1, 0.15) is 5.60 Å². The standard InChI is InChI=1S/C22H23NO3S/c1-17-13-15-21(16-14-17)27(25,26)23-18(2)22(24,19-9-5-3-6-10-19)20-11-7-4-8-12-20/h3-16,18,23-24H,1-2H3/t18-/m0/s1. The van der Waals surface area contributed by atoms with Gasteiger partial charge in [-0.15, -0.1) is 0 Å². The molecule has 0 spiro atoms. The Hall–Kier alpha value is -2.47. The fraction of sp³-hybridized carbons (Fsp3) is 0.182. The molecule has 140 valence electrons. The van der Waals surface area contributed by atoms with Crippen LogP contribution in [0.5, 0.6) is 0 Å². The Morgan fingerprint density at radius 1 is 0.815 bits per heavy atom. The summed E-state index contributed by atoms with van der Waals surface area (Å²) < 4.78 is 28.3. The van der Waals surface area contributed by atoms with Crippen molar-refractivity contribution in [3.05, 3.63) is 102 Å². The van der Waals surface area contributed by atoms with Crippen molar-refractivity contribution in [3.8, 4) is 0 Å². The molecule has 0 unspecified atom stereocenters. The Morgan fingerprint density at radius 3 is 1.70 bits per heavy atom. The average Bonchev–Trinajstić information content (AvgIpc) is 2.68. The van der Waals surface area contributed by atoms with Gasteiger partial charge in [-0.25, -0.2) is 13.1 Å². The van der Waals surface area contributed by atoms with Gasteiger partial charge in [-0.2, -0.15) is 0 Å². The van der Waals surface area contributed by atoms with Crippen LogP contribution in [0.15, 0.2) is 89.8 Å². The van der Waals surface area contributed by atoms with Crippen LogP contribution in [-0.4, -0.2) is 19.6 Å². The predicted molar refractivity (Wildman–Crippen MR) is 107 cm³/mol. The lowest BCUT2D eigenvalue weighted by Gasteiger charge is -2.35. The van der Waals surface area contributed by atoms with Crippen molar-refractivity contribution in [2.24, 2.45) is 0 Å². The van der Waals surface area contributed by atoms with E-state index >= 15 is 0 Å². The molecule has 3 aromatic carbocycles. The van der Waals surface area contributed by atoms with E-state index in [1.165, 1.54) is 0 Å². The van der Waals surface area contributed by atoms with E-state index in [9.17, 15) is 13.5 Å². The van der Waals surface area contributed by atoms with Gasteiger partial charge in [0.05, 0.1) is 10.9 Å². The van der Waals surface area contributed by atoms with E-state index in [0.717, 1.165) is 5.56 Å². The van der Waals surface area contributed by atoms with Crippen LogP contribution in [0.3, 0.4) is 0 Å². The second-order valence-electron chi connectivity index (χ2n) is 6.65. The Labute approximate surface area is 160 Å². The molecule has 3 rings (SSSR count). The molecule has 0 fully saturated rings. The molecule has 0 radical (unpaired) electrons. The fourth-order valence-electron chi connectivity index (χ4n) is 3.15. The summed E-state index contributed by atoms with van der Waals surface area (Å²) in [4.78, 5) is 0.170. The summed E-state index contributed by atoms with van der Waals surface area (Å²) >= 11 is 0. The highest BCUT2D eigenvalue weighted by Gasteiger charge is 2.39. The summed E-state index contributed by atoms with van der Waals surface area (Å²) in [5, 5.41) is 11.6. The number of benzene rings is 3. The highest BCUT2D eigenvalue weighted by molar-refractivity contribution is 7.89. The molecule has 0 amide bonds. The van der Waals surface area contributed by atoms with E-state index in [4.69, 9.17) is 0 Å². The van der Waals surface area contributed by atoms with Crippen molar-refractivity contribution >= 4 is 10.0 Å². The zero-order valence-electron chi connectivity index (χ0n) is 15.3. The first-order chi connectivity index (χ1) is 12.8. The lowest BCUT2D eigenvalue weighted by molar-refractivity contribution is 0.0519. The quantitative estimate of drug-likeness (QED) is 0.686. The minimum absolute atomic E-state index is 0.170. The van der Waals surface area contributed by atoms with Gasteiger partial charge in [-0.1, -0.05) is 78.4 Å². The molecule has 4 nitrogen and oxygen atoms in total. The Balaban J connectivity index is 2.02. The maximum atomic E-state index is 12.8. The van der Waals surface area contributed by atoms with E-state index in [1.807, 2.05) is 43.3 Å². The average molecular weight is 381 g/mol. The monoisotopic (exact) mass is 381 g/mol. The van der Waals surface area contributed by atoms with Gasteiger partial charge in [-0.3, -0.25) is 0 Å². The molecule has 3 aromatic rings. The van der Waals surface area contributed by atoms with Crippen LogP contribution in [0.2, 0.25) is 0 Å². The van der Waals surface area contributed by atoms with Gasteiger partial charge >= 0.3 is 0 Å². The number of aliphatic hydroxyl groups is 1. The predicted octanol–water partition coefficient (Wildman–Crippen LogP) is 3.60. The first-order valence-electron chi connectivity index (χ1n) is 8.76. The number of hydrogen-bond donors (Lipinski definition) is 2. The third-order valence-electron chi connectivity index (χ3n) is 4.72. The number of sulfonamides is 1. The largest absolute Gasteiger partial charge is 0.379 e. The van der Waals surface area contributed by atoms with Crippen molar-refractivity contribution in [3.63, 3.8) is 0 Å². The first kappa shape index (κ1) is 19.3. The van der Waals surface area contributed by atoms with Crippen molar-refractivity contribution in [2.75, 3.05) is 0 Å². The molecule has 0 aliphatic heterocycles. The molecule has 0 bridgehead atoms. The van der Waals surface area contributed by atoms with Crippen LogP contribution < -0.4 is 4.72 Å². The summed E-state index contributed by atoms with van der Waals surface area (Å²) in [6.07, 6.45) is 0. The number of hydrogen-bond acceptors (Lipinski definition) is 3. The lowest BCUT2D eigenvalue weighted by atomic mass is 9.81. The molecule has 2 N–H and O–H groups in total. The van der Waals surface area contributed by atoms with Crippen LogP contribution in [0.4, 0.5) is 0 Å². The van der Waals surface area contributed by atoms with Gasteiger partial charge in [0.15, 0.2) is 0 Å². The molecular formula is C22H23NO3S. The third kappa shape index (κ3) is 3.95. The van der Waals surface area contributed by atoms with Crippen molar-refractivity contribution in [1.29, 1.82) is 0 Å². The molecule has 0 aromatic heterocycles. The van der Waals surface area contributed by atoms with Gasteiger partial charge in [0.2, 0.25) is 10.0 Å².